The Morgan fingerprint density at radius 3 is 1.65 bits per heavy atom. The number of carbonyl (C=O) groups excluding carboxylic acids is 2. The number of aromatic amines is 1. The molecule has 0 aliphatic heterocycles. The zero-order valence-corrected chi connectivity index (χ0v) is 25.5. The predicted octanol–water partition coefficient (Wildman–Crippen LogP) is 5.67. The maximum absolute atomic E-state index is 13.6. The minimum atomic E-state index is -5.08. The molecule has 3 aromatic rings. The van der Waals surface area contributed by atoms with Gasteiger partial charge in [-0.1, -0.05) is 39.0 Å². The first kappa shape index (κ1) is 39.1. The van der Waals surface area contributed by atoms with E-state index in [0.717, 1.165) is 5.56 Å². The molecule has 2 amide bonds. The lowest BCUT2D eigenvalue weighted by atomic mass is 9.87. The SMILES string of the molecule is CC(C)(C)NC(=O)C(c1cccnc1)N(C(=O)c1cnc[nH]1)c1ccc(C(C)(C)C)cc1.O=C(O)C(F)(F)F.O=C(O)C(F)(F)F. The van der Waals surface area contributed by atoms with Gasteiger partial charge >= 0.3 is 24.3 Å². The van der Waals surface area contributed by atoms with Crippen molar-refractivity contribution < 1.29 is 55.7 Å². The monoisotopic (exact) mass is 661 g/mol. The lowest BCUT2D eigenvalue weighted by Crippen LogP contribution is -2.49. The van der Waals surface area contributed by atoms with Gasteiger partial charge in [0, 0.05) is 29.2 Å². The molecule has 0 radical (unpaired) electrons. The zero-order chi connectivity index (χ0) is 35.7. The van der Waals surface area contributed by atoms with Crippen LogP contribution in [0.1, 0.15) is 69.2 Å². The topological polar surface area (TPSA) is 166 Å². The van der Waals surface area contributed by atoms with Gasteiger partial charge in [-0.15, -0.1) is 0 Å². The van der Waals surface area contributed by atoms with Crippen molar-refractivity contribution in [3.8, 4) is 0 Å². The van der Waals surface area contributed by atoms with E-state index in [1.807, 2.05) is 45.0 Å². The average molecular weight is 662 g/mol. The molecule has 46 heavy (non-hydrogen) atoms. The number of halogens is 6. The minimum Gasteiger partial charge on any atom is -0.475 e. The fourth-order valence-electron chi connectivity index (χ4n) is 3.40. The summed E-state index contributed by atoms with van der Waals surface area (Å²) in [5, 5.41) is 17.3. The summed E-state index contributed by atoms with van der Waals surface area (Å²) in [5.74, 6) is -6.16. The molecule has 0 saturated carbocycles. The summed E-state index contributed by atoms with van der Waals surface area (Å²) >= 11 is 0. The second-order valence-corrected chi connectivity index (χ2v) is 11.5. The van der Waals surface area contributed by atoms with Crippen molar-refractivity contribution in [1.29, 1.82) is 0 Å². The number of rotatable bonds is 5. The number of imidazole rings is 1. The standard InChI is InChI=1S/C25H31N5O2.2C2HF3O2/c1-24(2,3)18-9-11-19(12-10-18)30(23(32)20-15-27-16-28-20)21(17-8-7-13-26-14-17)22(31)29-25(4,5)6;2*3-2(4,5)1(6)7/h7-16,21H,1-6H3,(H,27,28)(H,29,31);2*(H,6,7). The highest BCUT2D eigenvalue weighted by molar-refractivity contribution is 6.09. The summed E-state index contributed by atoms with van der Waals surface area (Å²) in [7, 11) is 0. The number of carboxylic acid groups (broad SMARTS) is 2. The summed E-state index contributed by atoms with van der Waals surface area (Å²) in [5.41, 5.74) is 2.13. The number of H-pyrrole nitrogens is 1. The molecule has 0 saturated heterocycles. The Balaban J connectivity index is 0.000000629. The van der Waals surface area contributed by atoms with Crippen LogP contribution < -0.4 is 10.2 Å². The van der Waals surface area contributed by atoms with E-state index >= 15 is 0 Å². The van der Waals surface area contributed by atoms with Gasteiger partial charge in [0.25, 0.3) is 5.91 Å². The number of anilines is 1. The lowest BCUT2D eigenvalue weighted by Gasteiger charge is -2.33. The molecule has 11 nitrogen and oxygen atoms in total. The summed E-state index contributed by atoms with van der Waals surface area (Å²) in [6.45, 7) is 12.1. The fourth-order valence-corrected chi connectivity index (χ4v) is 3.40. The molecule has 2 heterocycles. The number of pyridine rings is 1. The van der Waals surface area contributed by atoms with Gasteiger partial charge in [-0.2, -0.15) is 26.3 Å². The van der Waals surface area contributed by atoms with Crippen molar-refractivity contribution in [2.75, 3.05) is 4.90 Å². The third kappa shape index (κ3) is 12.6. The Labute approximate surface area is 259 Å². The van der Waals surface area contributed by atoms with E-state index < -0.39 is 35.9 Å². The number of hydrogen-bond acceptors (Lipinski definition) is 6. The van der Waals surface area contributed by atoms with Crippen molar-refractivity contribution in [3.05, 3.63) is 78.1 Å². The van der Waals surface area contributed by atoms with Crippen LogP contribution in [0.2, 0.25) is 0 Å². The minimum absolute atomic E-state index is 0.0386. The number of carboxylic acids is 2. The summed E-state index contributed by atoms with van der Waals surface area (Å²) in [4.78, 5) is 57.5. The summed E-state index contributed by atoms with van der Waals surface area (Å²) < 4.78 is 63.5. The van der Waals surface area contributed by atoms with Gasteiger partial charge in [0.1, 0.15) is 11.7 Å². The number of benzene rings is 1. The predicted molar refractivity (Wildman–Crippen MR) is 153 cm³/mol. The van der Waals surface area contributed by atoms with Gasteiger partial charge in [-0.05, 0) is 49.9 Å². The Hall–Kier alpha value is -4.96. The number of nitrogens with zero attached hydrogens (tertiary/aromatic N) is 3. The third-order valence-electron chi connectivity index (χ3n) is 5.45. The van der Waals surface area contributed by atoms with E-state index in [9.17, 15) is 35.9 Å². The van der Waals surface area contributed by atoms with Gasteiger partial charge in [0.05, 0.1) is 12.5 Å². The Morgan fingerprint density at radius 2 is 1.30 bits per heavy atom. The van der Waals surface area contributed by atoms with Crippen molar-refractivity contribution in [2.45, 2.75) is 70.9 Å². The van der Waals surface area contributed by atoms with Crippen LogP contribution in [0.25, 0.3) is 0 Å². The quantitative estimate of drug-likeness (QED) is 0.254. The van der Waals surface area contributed by atoms with Gasteiger partial charge in [-0.3, -0.25) is 19.5 Å². The van der Waals surface area contributed by atoms with E-state index in [2.05, 4.69) is 41.0 Å². The first-order chi connectivity index (χ1) is 20.9. The second kappa shape index (κ2) is 15.4. The van der Waals surface area contributed by atoms with E-state index in [0.29, 0.717) is 16.9 Å². The number of carbonyl (C=O) groups is 4. The van der Waals surface area contributed by atoms with Crippen LogP contribution in [-0.2, 0) is 19.8 Å². The maximum Gasteiger partial charge on any atom is 0.490 e. The normalized spacial score (nSPS) is 12.3. The number of nitrogens with one attached hydrogen (secondary N) is 2. The smallest absolute Gasteiger partial charge is 0.475 e. The molecular weight excluding hydrogens is 628 g/mol. The van der Waals surface area contributed by atoms with Crippen LogP contribution in [0, 0.1) is 0 Å². The van der Waals surface area contributed by atoms with Crippen molar-refractivity contribution in [3.63, 3.8) is 0 Å². The van der Waals surface area contributed by atoms with Gasteiger partial charge < -0.3 is 20.5 Å². The van der Waals surface area contributed by atoms with E-state index in [4.69, 9.17) is 19.8 Å². The number of aliphatic carboxylic acids is 2. The highest BCUT2D eigenvalue weighted by Gasteiger charge is 2.39. The number of hydrogen-bond donors (Lipinski definition) is 4. The van der Waals surface area contributed by atoms with Crippen molar-refractivity contribution >= 4 is 29.4 Å². The Bertz CT molecular complexity index is 1420. The molecule has 1 atom stereocenters. The van der Waals surface area contributed by atoms with Crippen LogP contribution >= 0.6 is 0 Å². The van der Waals surface area contributed by atoms with Crippen LogP contribution in [0.3, 0.4) is 0 Å². The molecule has 3 rings (SSSR count). The molecule has 1 aromatic carbocycles. The first-order valence-electron chi connectivity index (χ1n) is 13.1. The van der Waals surface area contributed by atoms with Crippen LogP contribution in [0.4, 0.5) is 32.0 Å². The molecule has 0 fully saturated rings. The molecule has 0 aliphatic rings. The zero-order valence-electron chi connectivity index (χ0n) is 25.5. The highest BCUT2D eigenvalue weighted by atomic mass is 19.4. The Kier molecular flexibility index (Phi) is 13.0. The summed E-state index contributed by atoms with van der Waals surface area (Å²) in [6.07, 6.45) is -4.01. The molecule has 1 unspecified atom stereocenters. The molecule has 252 valence electrons. The highest BCUT2D eigenvalue weighted by Crippen LogP contribution is 2.32. The lowest BCUT2D eigenvalue weighted by molar-refractivity contribution is -0.193. The van der Waals surface area contributed by atoms with Crippen molar-refractivity contribution in [2.24, 2.45) is 0 Å². The number of amides is 2. The van der Waals surface area contributed by atoms with Gasteiger partial charge in [0.15, 0.2) is 0 Å². The van der Waals surface area contributed by atoms with E-state index in [1.165, 1.54) is 17.4 Å². The largest absolute Gasteiger partial charge is 0.490 e. The molecule has 17 heteroatoms. The summed E-state index contributed by atoms with van der Waals surface area (Å²) in [6, 6.07) is 10.4. The maximum atomic E-state index is 13.6. The van der Waals surface area contributed by atoms with Gasteiger partial charge in [0.2, 0.25) is 5.91 Å². The average Bonchev–Trinajstić information content (AvgIpc) is 3.45. The van der Waals surface area contributed by atoms with E-state index in [-0.39, 0.29) is 17.2 Å². The molecule has 2 aromatic heterocycles. The molecule has 0 spiro atoms. The number of aromatic nitrogens is 3. The molecule has 4 N–H and O–H groups in total. The van der Waals surface area contributed by atoms with Crippen molar-refractivity contribution in [1.82, 2.24) is 20.3 Å². The molecule has 0 aliphatic carbocycles. The third-order valence-corrected chi connectivity index (χ3v) is 5.45. The van der Waals surface area contributed by atoms with E-state index in [1.54, 1.807) is 24.5 Å². The van der Waals surface area contributed by atoms with Crippen LogP contribution in [0.15, 0.2) is 61.3 Å². The van der Waals surface area contributed by atoms with Crippen LogP contribution in [-0.4, -0.2) is 66.8 Å². The molecule has 0 bridgehead atoms. The van der Waals surface area contributed by atoms with Crippen LogP contribution in [0.5, 0.6) is 0 Å². The second-order valence-electron chi connectivity index (χ2n) is 11.5. The Morgan fingerprint density at radius 1 is 0.804 bits per heavy atom. The molecular formula is C29H33F6N5O6. The fraction of sp³-hybridized carbons (Fsp3) is 0.379. The number of alkyl halides is 6. The van der Waals surface area contributed by atoms with Gasteiger partial charge in [-0.25, -0.2) is 14.6 Å². The first-order valence-corrected chi connectivity index (χ1v) is 13.1.